The van der Waals surface area contributed by atoms with Crippen LogP contribution in [0.5, 0.6) is 0 Å². The van der Waals surface area contributed by atoms with Crippen molar-refractivity contribution in [3.63, 3.8) is 0 Å². The lowest BCUT2D eigenvalue weighted by Gasteiger charge is -2.05. The summed E-state index contributed by atoms with van der Waals surface area (Å²) in [6.45, 7) is 0. The molecule has 2 aromatic carbocycles. The third-order valence-corrected chi connectivity index (χ3v) is 3.59. The van der Waals surface area contributed by atoms with E-state index >= 15 is 0 Å². The molecule has 1 nitrogen and oxygen atoms in total. The summed E-state index contributed by atoms with van der Waals surface area (Å²) in [5.74, 6) is -0.410. The zero-order valence-corrected chi connectivity index (χ0v) is 12.3. The first-order chi connectivity index (χ1) is 9.06. The SMILES string of the molecule is O=C(Cc1ccccc1F)Cc1ccc(Br)cc1Cl. The van der Waals surface area contributed by atoms with Crippen molar-refractivity contribution in [2.24, 2.45) is 0 Å². The number of halogens is 3. The van der Waals surface area contributed by atoms with E-state index in [9.17, 15) is 9.18 Å². The summed E-state index contributed by atoms with van der Waals surface area (Å²) in [4.78, 5) is 11.9. The average Bonchev–Trinajstić information content (AvgIpc) is 2.36. The Labute approximate surface area is 124 Å². The van der Waals surface area contributed by atoms with Gasteiger partial charge in [0.25, 0.3) is 0 Å². The predicted octanol–water partition coefficient (Wildman–Crippen LogP) is 4.60. The first-order valence-corrected chi connectivity index (χ1v) is 6.92. The fourth-order valence-corrected chi connectivity index (χ4v) is 2.53. The third kappa shape index (κ3) is 3.88. The van der Waals surface area contributed by atoms with Crippen LogP contribution in [0.2, 0.25) is 5.02 Å². The summed E-state index contributed by atoms with van der Waals surface area (Å²) in [6.07, 6.45) is 0.291. The van der Waals surface area contributed by atoms with Crippen LogP contribution in [0.3, 0.4) is 0 Å². The Morgan fingerprint density at radius 2 is 1.79 bits per heavy atom. The summed E-state index contributed by atoms with van der Waals surface area (Å²) in [6, 6.07) is 11.7. The van der Waals surface area contributed by atoms with Crippen molar-refractivity contribution in [1.29, 1.82) is 0 Å². The Morgan fingerprint density at radius 1 is 1.11 bits per heavy atom. The lowest BCUT2D eigenvalue weighted by atomic mass is 10.0. The number of benzene rings is 2. The van der Waals surface area contributed by atoms with Gasteiger partial charge in [0.1, 0.15) is 11.6 Å². The van der Waals surface area contributed by atoms with Gasteiger partial charge in [0.15, 0.2) is 0 Å². The molecule has 0 amide bonds. The molecule has 2 aromatic rings. The van der Waals surface area contributed by atoms with E-state index in [1.807, 2.05) is 6.07 Å². The van der Waals surface area contributed by atoms with Gasteiger partial charge in [0.05, 0.1) is 0 Å². The first kappa shape index (κ1) is 14.2. The minimum absolute atomic E-state index is 0.0608. The highest BCUT2D eigenvalue weighted by Crippen LogP contribution is 2.22. The molecule has 0 saturated carbocycles. The zero-order chi connectivity index (χ0) is 13.8. The molecular weight excluding hydrogens is 331 g/mol. The van der Waals surface area contributed by atoms with Crippen LogP contribution in [0.25, 0.3) is 0 Å². The number of hydrogen-bond donors (Lipinski definition) is 0. The van der Waals surface area contributed by atoms with E-state index in [0.717, 1.165) is 10.0 Å². The Bertz CT molecular complexity index is 613. The molecule has 0 heterocycles. The Hall–Kier alpha value is -1.19. The van der Waals surface area contributed by atoms with Gasteiger partial charge in [0, 0.05) is 22.3 Å². The normalized spacial score (nSPS) is 10.5. The van der Waals surface area contributed by atoms with Crippen LogP contribution in [-0.4, -0.2) is 5.78 Å². The fraction of sp³-hybridized carbons (Fsp3) is 0.133. The van der Waals surface area contributed by atoms with Gasteiger partial charge in [-0.05, 0) is 29.3 Å². The van der Waals surface area contributed by atoms with E-state index in [-0.39, 0.29) is 24.4 Å². The molecule has 0 saturated heterocycles. The highest BCUT2D eigenvalue weighted by atomic mass is 79.9. The highest BCUT2D eigenvalue weighted by Gasteiger charge is 2.10. The minimum atomic E-state index is -0.349. The van der Waals surface area contributed by atoms with Crippen LogP contribution in [0.4, 0.5) is 4.39 Å². The van der Waals surface area contributed by atoms with E-state index in [2.05, 4.69) is 15.9 Å². The molecule has 0 atom stereocenters. The van der Waals surface area contributed by atoms with E-state index in [4.69, 9.17) is 11.6 Å². The maximum absolute atomic E-state index is 13.4. The molecule has 0 aliphatic carbocycles. The van der Waals surface area contributed by atoms with Gasteiger partial charge in [-0.25, -0.2) is 4.39 Å². The molecule has 0 unspecified atom stereocenters. The maximum atomic E-state index is 13.4. The number of carbonyl (C=O) groups is 1. The Balaban J connectivity index is 2.08. The van der Waals surface area contributed by atoms with Crippen molar-refractivity contribution in [2.45, 2.75) is 12.8 Å². The van der Waals surface area contributed by atoms with Gasteiger partial charge in [-0.15, -0.1) is 0 Å². The van der Waals surface area contributed by atoms with Crippen molar-refractivity contribution in [2.75, 3.05) is 0 Å². The second-order valence-corrected chi connectivity index (χ2v) is 5.54. The van der Waals surface area contributed by atoms with E-state index in [1.165, 1.54) is 6.07 Å². The van der Waals surface area contributed by atoms with E-state index in [1.54, 1.807) is 30.3 Å². The molecule has 0 radical (unpaired) electrons. The van der Waals surface area contributed by atoms with Crippen molar-refractivity contribution in [3.05, 3.63) is 68.9 Å². The average molecular weight is 342 g/mol. The number of hydrogen-bond acceptors (Lipinski definition) is 1. The standard InChI is InChI=1S/C15H11BrClFO/c16-12-6-5-10(14(17)9-12)7-13(19)8-11-3-1-2-4-15(11)18/h1-6,9H,7-8H2. The molecular formula is C15H11BrClFO. The topological polar surface area (TPSA) is 17.1 Å². The molecule has 0 aliphatic heterocycles. The minimum Gasteiger partial charge on any atom is -0.299 e. The molecule has 19 heavy (non-hydrogen) atoms. The van der Waals surface area contributed by atoms with Gasteiger partial charge >= 0.3 is 0 Å². The largest absolute Gasteiger partial charge is 0.299 e. The molecule has 0 spiro atoms. The number of rotatable bonds is 4. The summed E-state index contributed by atoms with van der Waals surface area (Å²) >= 11 is 9.36. The molecule has 0 fully saturated rings. The first-order valence-electron chi connectivity index (χ1n) is 5.75. The zero-order valence-electron chi connectivity index (χ0n) is 10.00. The highest BCUT2D eigenvalue weighted by molar-refractivity contribution is 9.10. The molecule has 0 aromatic heterocycles. The molecule has 98 valence electrons. The van der Waals surface area contributed by atoms with Gasteiger partial charge in [-0.3, -0.25) is 4.79 Å². The van der Waals surface area contributed by atoms with Crippen LogP contribution in [0, 0.1) is 5.82 Å². The summed E-state index contributed by atoms with van der Waals surface area (Å²) in [7, 11) is 0. The van der Waals surface area contributed by atoms with Crippen molar-refractivity contribution < 1.29 is 9.18 Å². The van der Waals surface area contributed by atoms with Crippen molar-refractivity contribution in [3.8, 4) is 0 Å². The Kier molecular flexibility index (Phi) is 4.72. The monoisotopic (exact) mass is 340 g/mol. The van der Waals surface area contributed by atoms with Gasteiger partial charge in [0.2, 0.25) is 0 Å². The maximum Gasteiger partial charge on any atom is 0.141 e. The second kappa shape index (κ2) is 6.31. The van der Waals surface area contributed by atoms with Crippen LogP contribution in [0.1, 0.15) is 11.1 Å². The number of Topliss-reactive ketones (excluding diaryl/α,β-unsaturated/α-hetero) is 1. The predicted molar refractivity (Wildman–Crippen MR) is 78.0 cm³/mol. The molecule has 4 heteroatoms. The number of carbonyl (C=O) groups excluding carboxylic acids is 1. The molecule has 0 bridgehead atoms. The molecule has 2 rings (SSSR count). The third-order valence-electron chi connectivity index (χ3n) is 2.75. The van der Waals surface area contributed by atoms with Crippen LogP contribution >= 0.6 is 27.5 Å². The summed E-state index contributed by atoms with van der Waals surface area (Å²) < 4.78 is 14.3. The van der Waals surface area contributed by atoms with Crippen molar-refractivity contribution in [1.82, 2.24) is 0 Å². The van der Waals surface area contributed by atoms with E-state index < -0.39 is 0 Å². The van der Waals surface area contributed by atoms with E-state index in [0.29, 0.717) is 10.6 Å². The summed E-state index contributed by atoms with van der Waals surface area (Å²) in [5, 5.41) is 0.538. The smallest absolute Gasteiger partial charge is 0.141 e. The second-order valence-electron chi connectivity index (χ2n) is 4.22. The molecule has 0 N–H and O–H groups in total. The van der Waals surface area contributed by atoms with Crippen molar-refractivity contribution >= 4 is 33.3 Å². The van der Waals surface area contributed by atoms with Crippen LogP contribution in [0.15, 0.2) is 46.9 Å². The van der Waals surface area contributed by atoms with Gasteiger partial charge in [-0.1, -0.05) is 51.8 Å². The molecule has 0 aliphatic rings. The van der Waals surface area contributed by atoms with Gasteiger partial charge < -0.3 is 0 Å². The number of ketones is 1. The summed E-state index contributed by atoms with van der Waals surface area (Å²) in [5.41, 5.74) is 1.17. The quantitative estimate of drug-likeness (QED) is 0.794. The fourth-order valence-electron chi connectivity index (χ4n) is 1.79. The Morgan fingerprint density at radius 3 is 2.47 bits per heavy atom. The lowest BCUT2D eigenvalue weighted by molar-refractivity contribution is -0.117. The van der Waals surface area contributed by atoms with Crippen LogP contribution in [-0.2, 0) is 17.6 Å². The van der Waals surface area contributed by atoms with Gasteiger partial charge in [-0.2, -0.15) is 0 Å². The lowest BCUT2D eigenvalue weighted by Crippen LogP contribution is -2.08. The van der Waals surface area contributed by atoms with Crippen LogP contribution < -0.4 is 0 Å².